The van der Waals surface area contributed by atoms with Gasteiger partial charge in [0, 0.05) is 30.7 Å². The Hall–Kier alpha value is -2.14. The first-order chi connectivity index (χ1) is 12.1. The van der Waals surface area contributed by atoms with Gasteiger partial charge in [0.1, 0.15) is 17.8 Å². The van der Waals surface area contributed by atoms with Crippen LogP contribution in [-0.2, 0) is 6.42 Å². The minimum Gasteiger partial charge on any atom is -0.357 e. The molecule has 0 aliphatic rings. The molecule has 0 fully saturated rings. The minimum absolute atomic E-state index is 0.182. The van der Waals surface area contributed by atoms with Gasteiger partial charge in [-0.3, -0.25) is 4.79 Å². The number of halogens is 1. The van der Waals surface area contributed by atoms with Crippen molar-refractivity contribution in [1.29, 1.82) is 0 Å². The molecule has 0 bridgehead atoms. The summed E-state index contributed by atoms with van der Waals surface area (Å²) in [5.41, 5.74) is 1.49. The molecule has 1 aromatic carbocycles. The fourth-order valence-electron chi connectivity index (χ4n) is 2.63. The van der Waals surface area contributed by atoms with E-state index < -0.39 is 0 Å². The number of aromatic nitrogens is 2. The van der Waals surface area contributed by atoms with E-state index in [0.717, 1.165) is 43.7 Å². The zero-order valence-corrected chi connectivity index (χ0v) is 15.6. The summed E-state index contributed by atoms with van der Waals surface area (Å²) < 4.78 is 0. The van der Waals surface area contributed by atoms with E-state index in [1.54, 1.807) is 6.07 Å². The van der Waals surface area contributed by atoms with Crippen LogP contribution in [0.4, 0.5) is 5.82 Å². The second-order valence-corrected chi connectivity index (χ2v) is 6.32. The summed E-state index contributed by atoms with van der Waals surface area (Å²) in [4.78, 5) is 23.0. The van der Waals surface area contributed by atoms with Crippen LogP contribution in [0.1, 0.15) is 42.7 Å². The maximum atomic E-state index is 12.3. The number of anilines is 1. The molecule has 1 heterocycles. The van der Waals surface area contributed by atoms with Crippen molar-refractivity contribution in [1.82, 2.24) is 15.3 Å². The van der Waals surface area contributed by atoms with Crippen LogP contribution in [0.5, 0.6) is 0 Å². The van der Waals surface area contributed by atoms with Gasteiger partial charge in [0.05, 0.1) is 0 Å². The summed E-state index contributed by atoms with van der Waals surface area (Å²) in [6.07, 6.45) is 4.25. The van der Waals surface area contributed by atoms with Gasteiger partial charge in [-0.25, -0.2) is 9.97 Å². The van der Waals surface area contributed by atoms with Crippen molar-refractivity contribution in [3.63, 3.8) is 0 Å². The van der Waals surface area contributed by atoms with Crippen molar-refractivity contribution < 1.29 is 4.79 Å². The molecule has 0 atom stereocenters. The molecule has 0 aliphatic carbocycles. The standard InChI is InChI=1S/C19H25ClN4O/c1-3-10-24(11-4-2)18-13-17(22-14-23-18)19(25)21-9-8-15-6-5-7-16(20)12-15/h5-7,12-14H,3-4,8-11H2,1-2H3,(H,21,25). The number of amides is 1. The van der Waals surface area contributed by atoms with Crippen LogP contribution in [0.2, 0.25) is 5.02 Å². The van der Waals surface area contributed by atoms with Crippen molar-refractivity contribution in [3.05, 3.63) is 52.9 Å². The molecule has 0 spiro atoms. The van der Waals surface area contributed by atoms with E-state index in [-0.39, 0.29) is 5.91 Å². The predicted octanol–water partition coefficient (Wildman–Crippen LogP) is 3.73. The summed E-state index contributed by atoms with van der Waals surface area (Å²) in [6, 6.07) is 9.41. The Kier molecular flexibility index (Phi) is 7.67. The quantitative estimate of drug-likeness (QED) is 0.740. The largest absolute Gasteiger partial charge is 0.357 e. The molecule has 1 aromatic heterocycles. The van der Waals surface area contributed by atoms with Gasteiger partial charge in [-0.15, -0.1) is 0 Å². The first kappa shape index (κ1) is 19.2. The lowest BCUT2D eigenvalue weighted by Crippen LogP contribution is -2.29. The van der Waals surface area contributed by atoms with Crippen LogP contribution >= 0.6 is 11.6 Å². The van der Waals surface area contributed by atoms with Crippen molar-refractivity contribution in [2.24, 2.45) is 0 Å². The van der Waals surface area contributed by atoms with E-state index in [1.165, 1.54) is 6.33 Å². The fraction of sp³-hybridized carbons (Fsp3) is 0.421. The first-order valence-electron chi connectivity index (χ1n) is 8.73. The molecule has 5 nitrogen and oxygen atoms in total. The molecule has 1 N–H and O–H groups in total. The van der Waals surface area contributed by atoms with Crippen molar-refractivity contribution in [3.8, 4) is 0 Å². The number of carbonyl (C=O) groups is 1. The molecule has 1 amide bonds. The Morgan fingerprint density at radius 2 is 1.92 bits per heavy atom. The number of benzene rings is 1. The molecule has 0 aliphatic heterocycles. The molecule has 2 aromatic rings. The zero-order chi connectivity index (χ0) is 18.1. The Morgan fingerprint density at radius 3 is 2.60 bits per heavy atom. The molecular weight excluding hydrogens is 336 g/mol. The first-order valence-corrected chi connectivity index (χ1v) is 9.11. The highest BCUT2D eigenvalue weighted by molar-refractivity contribution is 6.30. The van der Waals surface area contributed by atoms with Crippen LogP contribution < -0.4 is 10.2 Å². The zero-order valence-electron chi connectivity index (χ0n) is 14.8. The van der Waals surface area contributed by atoms with Gasteiger partial charge in [-0.2, -0.15) is 0 Å². The van der Waals surface area contributed by atoms with Gasteiger partial charge >= 0.3 is 0 Å². The monoisotopic (exact) mass is 360 g/mol. The van der Waals surface area contributed by atoms with Crippen LogP contribution in [0, 0.1) is 0 Å². The summed E-state index contributed by atoms with van der Waals surface area (Å²) in [5.74, 6) is 0.623. The number of nitrogens with one attached hydrogen (secondary N) is 1. The lowest BCUT2D eigenvalue weighted by atomic mass is 10.1. The molecule has 0 radical (unpaired) electrons. The molecule has 134 valence electrons. The van der Waals surface area contributed by atoms with E-state index in [9.17, 15) is 4.79 Å². The van der Waals surface area contributed by atoms with Gasteiger partial charge < -0.3 is 10.2 Å². The molecule has 25 heavy (non-hydrogen) atoms. The van der Waals surface area contributed by atoms with Crippen LogP contribution in [0.3, 0.4) is 0 Å². The second kappa shape index (κ2) is 9.99. The number of hydrogen-bond acceptors (Lipinski definition) is 4. The average molecular weight is 361 g/mol. The Balaban J connectivity index is 1.95. The molecule has 0 saturated carbocycles. The van der Waals surface area contributed by atoms with Crippen molar-refractivity contribution >= 4 is 23.3 Å². The fourth-order valence-corrected chi connectivity index (χ4v) is 2.84. The normalized spacial score (nSPS) is 10.5. The molecule has 0 saturated heterocycles. The van der Waals surface area contributed by atoms with Crippen molar-refractivity contribution in [2.45, 2.75) is 33.1 Å². The van der Waals surface area contributed by atoms with E-state index in [1.807, 2.05) is 24.3 Å². The van der Waals surface area contributed by atoms with Gasteiger partial charge in [-0.1, -0.05) is 37.6 Å². The van der Waals surface area contributed by atoms with E-state index in [4.69, 9.17) is 11.6 Å². The lowest BCUT2D eigenvalue weighted by Gasteiger charge is -2.22. The van der Waals surface area contributed by atoms with Crippen molar-refractivity contribution in [2.75, 3.05) is 24.5 Å². The second-order valence-electron chi connectivity index (χ2n) is 5.88. The van der Waals surface area contributed by atoms with Gasteiger partial charge in [0.15, 0.2) is 0 Å². The Labute approximate surface area is 154 Å². The van der Waals surface area contributed by atoms with E-state index >= 15 is 0 Å². The number of hydrogen-bond donors (Lipinski definition) is 1. The third-order valence-corrected chi connectivity index (χ3v) is 4.02. The Bertz CT molecular complexity index is 687. The van der Waals surface area contributed by atoms with Crippen LogP contribution in [-0.4, -0.2) is 35.5 Å². The third-order valence-electron chi connectivity index (χ3n) is 3.78. The molecule has 6 heteroatoms. The topological polar surface area (TPSA) is 58.1 Å². The highest BCUT2D eigenvalue weighted by atomic mass is 35.5. The van der Waals surface area contributed by atoms with E-state index in [0.29, 0.717) is 17.3 Å². The average Bonchev–Trinajstić information content (AvgIpc) is 2.61. The van der Waals surface area contributed by atoms with Gasteiger partial charge in [-0.05, 0) is 37.0 Å². The molecule has 2 rings (SSSR count). The molecule has 0 unspecified atom stereocenters. The third kappa shape index (κ3) is 6.02. The summed E-state index contributed by atoms with van der Waals surface area (Å²) in [5, 5.41) is 3.61. The summed E-state index contributed by atoms with van der Waals surface area (Å²) in [7, 11) is 0. The highest BCUT2D eigenvalue weighted by Crippen LogP contribution is 2.13. The van der Waals surface area contributed by atoms with Gasteiger partial charge in [0.2, 0.25) is 0 Å². The number of carbonyl (C=O) groups excluding carboxylic acids is 1. The lowest BCUT2D eigenvalue weighted by molar-refractivity contribution is 0.0949. The Morgan fingerprint density at radius 1 is 1.16 bits per heavy atom. The number of rotatable bonds is 9. The maximum Gasteiger partial charge on any atom is 0.270 e. The smallest absolute Gasteiger partial charge is 0.270 e. The minimum atomic E-state index is -0.182. The van der Waals surface area contributed by atoms with Crippen LogP contribution in [0.15, 0.2) is 36.7 Å². The highest BCUT2D eigenvalue weighted by Gasteiger charge is 2.12. The number of nitrogens with zero attached hydrogens (tertiary/aromatic N) is 3. The predicted molar refractivity (Wildman–Crippen MR) is 102 cm³/mol. The van der Waals surface area contributed by atoms with Gasteiger partial charge in [0.25, 0.3) is 5.91 Å². The maximum absolute atomic E-state index is 12.3. The van der Waals surface area contributed by atoms with E-state index in [2.05, 4.69) is 34.0 Å². The summed E-state index contributed by atoms with van der Waals surface area (Å²) in [6.45, 7) is 6.63. The molecular formula is C19H25ClN4O. The SMILES string of the molecule is CCCN(CCC)c1cc(C(=O)NCCc2cccc(Cl)c2)ncn1. The summed E-state index contributed by atoms with van der Waals surface area (Å²) >= 11 is 5.97. The van der Waals surface area contributed by atoms with Crippen LogP contribution in [0.25, 0.3) is 0 Å².